The fourth-order valence-electron chi connectivity index (χ4n) is 2.88. The Morgan fingerprint density at radius 2 is 1.74 bits per heavy atom. The van der Waals surface area contributed by atoms with Gasteiger partial charge >= 0.3 is 11.9 Å². The maximum absolute atomic E-state index is 13.0. The average Bonchev–Trinajstić information content (AvgIpc) is 2.67. The Kier molecular flexibility index (Phi) is 9.09. The molecule has 1 aromatic rings. The van der Waals surface area contributed by atoms with Gasteiger partial charge < -0.3 is 35.7 Å². The number of phenolic OH excluding ortho intramolecular Hbond substituents is 2. The van der Waals surface area contributed by atoms with Gasteiger partial charge in [0.25, 0.3) is 0 Å². The van der Waals surface area contributed by atoms with E-state index in [-0.39, 0.29) is 22.8 Å². The summed E-state index contributed by atoms with van der Waals surface area (Å²) in [4.78, 5) is 48.2. The highest BCUT2D eigenvalue weighted by Gasteiger charge is 2.38. The van der Waals surface area contributed by atoms with Crippen molar-refractivity contribution >= 4 is 36.4 Å². The third kappa shape index (κ3) is 6.73. The van der Waals surface area contributed by atoms with E-state index >= 15 is 0 Å². The van der Waals surface area contributed by atoms with Gasteiger partial charge in [0, 0.05) is 18.6 Å². The maximum Gasteiger partial charge on any atom is 0.351 e. The van der Waals surface area contributed by atoms with Crippen molar-refractivity contribution in [3.8, 4) is 11.5 Å². The van der Waals surface area contributed by atoms with Crippen LogP contribution < -0.4 is 11.1 Å². The van der Waals surface area contributed by atoms with Crippen LogP contribution >= 0.6 is 12.6 Å². The third-order valence-electron chi connectivity index (χ3n) is 4.50. The van der Waals surface area contributed by atoms with Crippen molar-refractivity contribution in [2.24, 2.45) is 5.73 Å². The summed E-state index contributed by atoms with van der Waals surface area (Å²) in [5, 5.41) is 49.8. The summed E-state index contributed by atoms with van der Waals surface area (Å²) < 4.78 is 0. The highest BCUT2D eigenvalue weighted by atomic mass is 32.1. The molecule has 0 fully saturated rings. The van der Waals surface area contributed by atoms with Crippen LogP contribution in [0.3, 0.4) is 0 Å². The van der Waals surface area contributed by atoms with E-state index in [9.17, 15) is 34.5 Å². The topological polar surface area (TPSA) is 211 Å². The van der Waals surface area contributed by atoms with Gasteiger partial charge in [-0.05, 0) is 19.1 Å². The summed E-state index contributed by atoms with van der Waals surface area (Å²) in [6, 6.07) is 1.36. The molecule has 0 bridgehead atoms. The van der Waals surface area contributed by atoms with Gasteiger partial charge in [-0.15, -0.1) is 0 Å². The van der Waals surface area contributed by atoms with E-state index < -0.39 is 60.9 Å². The van der Waals surface area contributed by atoms with E-state index in [1.807, 2.05) is 0 Å². The SMILES string of the molecule is CC(c1c(O)cccc1O)N(C(=O)CCC(N)(O)C(=O)O)C(CS)C(=O)NCC(=O)O. The normalized spacial score (nSPS) is 14.7. The average molecular weight is 459 g/mol. The number of carboxylic acid groups (broad SMARTS) is 2. The molecule has 172 valence electrons. The molecule has 3 atom stereocenters. The van der Waals surface area contributed by atoms with E-state index in [0.29, 0.717) is 0 Å². The zero-order valence-electron chi connectivity index (χ0n) is 16.6. The molecule has 0 aliphatic heterocycles. The number of hydrogen-bond donors (Lipinski definition) is 8. The van der Waals surface area contributed by atoms with E-state index in [2.05, 4.69) is 17.9 Å². The number of aromatic hydroxyl groups is 2. The molecule has 0 radical (unpaired) electrons. The summed E-state index contributed by atoms with van der Waals surface area (Å²) in [6.45, 7) is 0.655. The monoisotopic (exact) mass is 459 g/mol. The van der Waals surface area contributed by atoms with Crippen LogP contribution in [-0.2, 0) is 19.2 Å². The number of carbonyl (C=O) groups excluding carboxylic acids is 2. The molecule has 13 heteroatoms. The van der Waals surface area contributed by atoms with Crippen LogP contribution in [0.25, 0.3) is 0 Å². The number of hydrogen-bond acceptors (Lipinski definition) is 9. The Bertz CT molecular complexity index is 826. The summed E-state index contributed by atoms with van der Waals surface area (Å²) >= 11 is 4.05. The lowest BCUT2D eigenvalue weighted by Gasteiger charge is -2.36. The number of thiol groups is 1. The van der Waals surface area contributed by atoms with Crippen molar-refractivity contribution in [2.45, 2.75) is 37.6 Å². The van der Waals surface area contributed by atoms with E-state index in [4.69, 9.17) is 15.9 Å². The van der Waals surface area contributed by atoms with Crippen LogP contribution in [0, 0.1) is 0 Å². The lowest BCUT2D eigenvalue weighted by molar-refractivity contribution is -0.159. The number of carboxylic acids is 2. The second kappa shape index (κ2) is 10.8. The first-order chi connectivity index (χ1) is 14.3. The predicted octanol–water partition coefficient (Wildman–Crippen LogP) is -1.00. The van der Waals surface area contributed by atoms with Crippen molar-refractivity contribution in [2.75, 3.05) is 12.3 Å². The molecule has 0 aliphatic rings. The minimum atomic E-state index is -2.70. The molecule has 2 amide bonds. The van der Waals surface area contributed by atoms with Crippen molar-refractivity contribution in [1.82, 2.24) is 10.2 Å². The summed E-state index contributed by atoms with van der Waals surface area (Å²) in [5.74, 6) is -5.86. The fraction of sp³-hybridized carbons (Fsp3) is 0.444. The molecule has 0 spiro atoms. The molecule has 0 saturated heterocycles. The number of rotatable bonds is 11. The van der Waals surface area contributed by atoms with Crippen LogP contribution in [-0.4, -0.2) is 78.2 Å². The molecule has 12 nitrogen and oxygen atoms in total. The van der Waals surface area contributed by atoms with Crippen LogP contribution in [0.5, 0.6) is 11.5 Å². The van der Waals surface area contributed by atoms with Gasteiger partial charge in [0.2, 0.25) is 17.5 Å². The largest absolute Gasteiger partial charge is 0.507 e. The summed E-state index contributed by atoms with van der Waals surface area (Å²) in [5.41, 5.74) is 2.43. The van der Waals surface area contributed by atoms with Crippen molar-refractivity contribution in [1.29, 1.82) is 0 Å². The van der Waals surface area contributed by atoms with E-state index in [0.717, 1.165) is 4.90 Å². The van der Waals surface area contributed by atoms with Crippen molar-refractivity contribution in [3.05, 3.63) is 23.8 Å². The molecule has 0 aliphatic carbocycles. The van der Waals surface area contributed by atoms with E-state index in [1.165, 1.54) is 25.1 Å². The van der Waals surface area contributed by atoms with Gasteiger partial charge in [-0.25, -0.2) is 4.79 Å². The number of amides is 2. The van der Waals surface area contributed by atoms with Gasteiger partial charge in [0.05, 0.1) is 11.6 Å². The molecule has 8 N–H and O–H groups in total. The highest BCUT2D eigenvalue weighted by Crippen LogP contribution is 2.37. The molecule has 0 saturated carbocycles. The van der Waals surface area contributed by atoms with Crippen LogP contribution in [0.15, 0.2) is 18.2 Å². The Hall–Kier alpha value is -3.03. The molecule has 31 heavy (non-hydrogen) atoms. The smallest absolute Gasteiger partial charge is 0.351 e. The fourth-order valence-corrected chi connectivity index (χ4v) is 3.22. The van der Waals surface area contributed by atoms with Gasteiger partial charge in [-0.1, -0.05) is 6.07 Å². The Balaban J connectivity index is 3.33. The molecule has 3 unspecified atom stereocenters. The molecular formula is C18H25N3O9S. The second-order valence-electron chi connectivity index (χ2n) is 6.73. The lowest BCUT2D eigenvalue weighted by Crippen LogP contribution is -2.53. The van der Waals surface area contributed by atoms with Gasteiger partial charge in [-0.3, -0.25) is 20.1 Å². The number of nitrogens with zero attached hydrogens (tertiary/aromatic N) is 1. The molecular weight excluding hydrogens is 434 g/mol. The number of nitrogens with one attached hydrogen (secondary N) is 1. The number of phenols is 2. The quantitative estimate of drug-likeness (QED) is 0.149. The number of nitrogens with two attached hydrogens (primary N) is 1. The first-order valence-corrected chi connectivity index (χ1v) is 9.63. The number of carbonyl (C=O) groups is 4. The predicted molar refractivity (Wildman–Crippen MR) is 109 cm³/mol. The zero-order valence-corrected chi connectivity index (χ0v) is 17.5. The summed E-state index contributed by atoms with van der Waals surface area (Å²) in [6.07, 6.45) is -1.32. The second-order valence-corrected chi connectivity index (χ2v) is 7.09. The van der Waals surface area contributed by atoms with Gasteiger partial charge in [0.1, 0.15) is 24.1 Å². The maximum atomic E-state index is 13.0. The van der Waals surface area contributed by atoms with Gasteiger partial charge in [-0.2, -0.15) is 12.6 Å². The van der Waals surface area contributed by atoms with Crippen molar-refractivity contribution < 1.29 is 44.7 Å². The first-order valence-electron chi connectivity index (χ1n) is 9.00. The zero-order chi connectivity index (χ0) is 23.9. The van der Waals surface area contributed by atoms with Crippen LogP contribution in [0.1, 0.15) is 31.4 Å². The minimum Gasteiger partial charge on any atom is -0.507 e. The molecule has 1 aromatic carbocycles. The molecule has 0 heterocycles. The Morgan fingerprint density at radius 1 is 1.19 bits per heavy atom. The lowest BCUT2D eigenvalue weighted by atomic mass is 10.0. The molecule has 1 rings (SSSR count). The molecule has 0 aromatic heterocycles. The van der Waals surface area contributed by atoms with Gasteiger partial charge in [0.15, 0.2) is 0 Å². The van der Waals surface area contributed by atoms with E-state index in [1.54, 1.807) is 0 Å². The Labute approximate surface area is 182 Å². The third-order valence-corrected chi connectivity index (χ3v) is 4.84. The first kappa shape index (κ1) is 26.0. The Morgan fingerprint density at radius 3 is 2.19 bits per heavy atom. The number of aliphatic carboxylic acids is 2. The van der Waals surface area contributed by atoms with Crippen LogP contribution in [0.2, 0.25) is 0 Å². The standard InChI is InChI=1S/C18H25N3O9S/c1-9(15-11(22)3-2-4-12(15)23)21(10(8-31)16(27)20-7-14(25)26)13(24)5-6-18(19,30)17(28)29/h2-4,9-10,22-23,30-31H,5-8,19H2,1H3,(H,20,27)(H,25,26)(H,28,29). The van der Waals surface area contributed by atoms with Crippen LogP contribution in [0.4, 0.5) is 0 Å². The highest BCUT2D eigenvalue weighted by molar-refractivity contribution is 7.80. The minimum absolute atomic E-state index is 0.102. The summed E-state index contributed by atoms with van der Waals surface area (Å²) in [7, 11) is 0. The number of aliphatic hydroxyl groups is 1. The number of benzene rings is 1. The van der Waals surface area contributed by atoms with Crippen molar-refractivity contribution in [3.63, 3.8) is 0 Å².